The van der Waals surface area contributed by atoms with Gasteiger partial charge in [0.1, 0.15) is 10.7 Å². The van der Waals surface area contributed by atoms with Gasteiger partial charge in [0.05, 0.1) is 17.7 Å². The van der Waals surface area contributed by atoms with Crippen LogP contribution in [0.2, 0.25) is 0 Å². The fourth-order valence-corrected chi connectivity index (χ4v) is 3.03. The van der Waals surface area contributed by atoms with Crippen molar-refractivity contribution in [2.75, 3.05) is 12.4 Å². The molecule has 0 aromatic heterocycles. The number of amides is 1. The van der Waals surface area contributed by atoms with E-state index in [0.717, 1.165) is 37.5 Å². The monoisotopic (exact) mass is 316 g/mol. The lowest BCUT2D eigenvalue weighted by molar-refractivity contribution is -0.129. The third-order valence-electron chi connectivity index (χ3n) is 3.70. The Balaban J connectivity index is 2.19. The Hall–Kier alpha value is -1.51. The van der Waals surface area contributed by atoms with E-state index in [1.165, 1.54) is 7.11 Å². The van der Waals surface area contributed by atoms with E-state index in [9.17, 15) is 17.6 Å². The molecule has 1 amide bonds. The van der Waals surface area contributed by atoms with Crippen molar-refractivity contribution in [3.05, 3.63) is 24.0 Å². The second-order valence-corrected chi connectivity index (χ2v) is 6.68. The predicted octanol–water partition coefficient (Wildman–Crippen LogP) is 1.37. The highest BCUT2D eigenvalue weighted by molar-refractivity contribution is 7.89. The van der Waals surface area contributed by atoms with Gasteiger partial charge in [-0.2, -0.15) is 0 Å². The Morgan fingerprint density at radius 3 is 2.62 bits per heavy atom. The van der Waals surface area contributed by atoms with Crippen molar-refractivity contribution in [1.29, 1.82) is 0 Å². The van der Waals surface area contributed by atoms with Gasteiger partial charge in [-0.3, -0.25) is 4.79 Å². The number of carbonyl (C=O) groups excluding carboxylic acids is 1. The van der Waals surface area contributed by atoms with E-state index < -0.39 is 27.3 Å². The average Bonchev–Trinajstić information content (AvgIpc) is 2.32. The lowest BCUT2D eigenvalue weighted by Crippen LogP contribution is -2.42. The second-order valence-electron chi connectivity index (χ2n) is 5.15. The van der Waals surface area contributed by atoms with Crippen molar-refractivity contribution in [3.63, 3.8) is 0 Å². The normalized spacial score (nSPS) is 17.1. The molecule has 116 valence electrons. The second kappa shape index (κ2) is 5.70. The summed E-state index contributed by atoms with van der Waals surface area (Å²) >= 11 is 0. The Morgan fingerprint density at radius 2 is 2.14 bits per heavy atom. The molecule has 1 aromatic rings. The SMILES string of the molecule is COC1(CC(=O)Nc2cc(F)ccc2S(N)(=O)=O)CCC1. The number of hydrogen-bond acceptors (Lipinski definition) is 4. The molecule has 1 saturated carbocycles. The van der Waals surface area contributed by atoms with Crippen molar-refractivity contribution in [1.82, 2.24) is 0 Å². The van der Waals surface area contributed by atoms with Gasteiger partial charge in [0.25, 0.3) is 0 Å². The average molecular weight is 316 g/mol. The number of anilines is 1. The highest BCUT2D eigenvalue weighted by atomic mass is 32.2. The van der Waals surface area contributed by atoms with Gasteiger partial charge in [0, 0.05) is 7.11 Å². The number of methoxy groups -OCH3 is 1. The van der Waals surface area contributed by atoms with Crippen LogP contribution in [0.5, 0.6) is 0 Å². The number of carbonyl (C=O) groups is 1. The van der Waals surface area contributed by atoms with E-state index in [4.69, 9.17) is 9.88 Å². The zero-order chi connectivity index (χ0) is 15.7. The lowest BCUT2D eigenvalue weighted by atomic mass is 9.77. The summed E-state index contributed by atoms with van der Waals surface area (Å²) in [5.74, 6) is -1.10. The molecule has 1 aliphatic carbocycles. The predicted molar refractivity (Wildman–Crippen MR) is 74.6 cm³/mol. The molecule has 0 unspecified atom stereocenters. The molecule has 0 saturated heterocycles. The summed E-state index contributed by atoms with van der Waals surface area (Å²) in [5.41, 5.74) is -0.660. The van der Waals surface area contributed by atoms with Gasteiger partial charge in [-0.1, -0.05) is 0 Å². The number of ether oxygens (including phenoxy) is 1. The number of nitrogens with two attached hydrogens (primary N) is 1. The molecule has 0 bridgehead atoms. The molecule has 0 aliphatic heterocycles. The largest absolute Gasteiger partial charge is 0.378 e. The van der Waals surface area contributed by atoms with Gasteiger partial charge in [-0.25, -0.2) is 17.9 Å². The quantitative estimate of drug-likeness (QED) is 0.857. The lowest BCUT2D eigenvalue weighted by Gasteiger charge is -2.39. The molecule has 2 rings (SSSR count). The minimum atomic E-state index is -4.05. The van der Waals surface area contributed by atoms with E-state index in [2.05, 4.69) is 5.32 Å². The number of hydrogen-bond donors (Lipinski definition) is 2. The summed E-state index contributed by atoms with van der Waals surface area (Å²) in [7, 11) is -2.52. The summed E-state index contributed by atoms with van der Waals surface area (Å²) < 4.78 is 41.5. The first-order valence-corrected chi connectivity index (χ1v) is 7.98. The van der Waals surface area contributed by atoms with Crippen LogP contribution in [-0.2, 0) is 19.6 Å². The van der Waals surface area contributed by atoms with Crippen LogP contribution in [-0.4, -0.2) is 27.0 Å². The van der Waals surface area contributed by atoms with Gasteiger partial charge in [-0.15, -0.1) is 0 Å². The molecule has 0 radical (unpaired) electrons. The zero-order valence-electron chi connectivity index (χ0n) is 11.6. The van der Waals surface area contributed by atoms with Crippen molar-refractivity contribution in [2.45, 2.75) is 36.2 Å². The molecule has 1 aliphatic rings. The summed E-state index contributed by atoms with van der Waals surface area (Å²) in [6, 6.07) is 2.92. The molecule has 0 heterocycles. The van der Waals surface area contributed by atoms with Gasteiger partial charge in [0.15, 0.2) is 0 Å². The van der Waals surface area contributed by atoms with Crippen LogP contribution in [0.4, 0.5) is 10.1 Å². The minimum Gasteiger partial charge on any atom is -0.378 e. The van der Waals surface area contributed by atoms with E-state index in [1.807, 2.05) is 0 Å². The van der Waals surface area contributed by atoms with Crippen LogP contribution in [0, 0.1) is 5.82 Å². The maximum atomic E-state index is 13.3. The number of benzene rings is 1. The van der Waals surface area contributed by atoms with E-state index >= 15 is 0 Å². The van der Waals surface area contributed by atoms with Crippen LogP contribution in [0.15, 0.2) is 23.1 Å². The van der Waals surface area contributed by atoms with Gasteiger partial charge in [0.2, 0.25) is 15.9 Å². The molecule has 3 N–H and O–H groups in total. The van der Waals surface area contributed by atoms with Crippen LogP contribution in [0.3, 0.4) is 0 Å². The fraction of sp³-hybridized carbons (Fsp3) is 0.462. The standard InChI is InChI=1S/C13H17FN2O4S/c1-20-13(5-2-6-13)8-12(17)16-10-7-9(14)3-4-11(10)21(15,18)19/h3-4,7H,2,5-6,8H2,1H3,(H,16,17)(H2,15,18,19). The number of nitrogens with one attached hydrogen (secondary N) is 1. The molecule has 6 nitrogen and oxygen atoms in total. The van der Waals surface area contributed by atoms with Crippen molar-refractivity contribution >= 4 is 21.6 Å². The third-order valence-corrected chi connectivity index (χ3v) is 4.67. The molecule has 0 atom stereocenters. The molecule has 1 fully saturated rings. The number of sulfonamides is 1. The first-order chi connectivity index (χ1) is 9.76. The summed E-state index contributed by atoms with van der Waals surface area (Å²) in [6.45, 7) is 0. The first-order valence-electron chi connectivity index (χ1n) is 6.43. The van der Waals surface area contributed by atoms with Crippen LogP contribution < -0.4 is 10.5 Å². The Labute approximate surface area is 122 Å². The number of halogens is 1. The van der Waals surface area contributed by atoms with Crippen LogP contribution in [0.25, 0.3) is 0 Å². The number of rotatable bonds is 5. The Kier molecular flexibility index (Phi) is 4.31. The number of primary sulfonamides is 1. The molecule has 1 aromatic carbocycles. The maximum Gasteiger partial charge on any atom is 0.240 e. The molecular weight excluding hydrogens is 299 g/mol. The smallest absolute Gasteiger partial charge is 0.240 e. The highest BCUT2D eigenvalue weighted by Gasteiger charge is 2.39. The fourth-order valence-electron chi connectivity index (χ4n) is 2.36. The van der Waals surface area contributed by atoms with Crippen LogP contribution in [0.1, 0.15) is 25.7 Å². The summed E-state index contributed by atoms with van der Waals surface area (Å²) in [6.07, 6.45) is 2.60. The molecule has 21 heavy (non-hydrogen) atoms. The molecule has 0 spiro atoms. The van der Waals surface area contributed by atoms with E-state index in [1.54, 1.807) is 0 Å². The topological polar surface area (TPSA) is 98.5 Å². The summed E-state index contributed by atoms with van der Waals surface area (Å²) in [5, 5.41) is 7.45. The maximum absolute atomic E-state index is 13.3. The van der Waals surface area contributed by atoms with Crippen molar-refractivity contribution < 1.29 is 22.3 Å². The molecule has 8 heteroatoms. The van der Waals surface area contributed by atoms with E-state index in [0.29, 0.717) is 0 Å². The molecular formula is C13H17FN2O4S. The van der Waals surface area contributed by atoms with Gasteiger partial charge in [-0.05, 0) is 37.5 Å². The van der Waals surface area contributed by atoms with Gasteiger partial charge >= 0.3 is 0 Å². The highest BCUT2D eigenvalue weighted by Crippen LogP contribution is 2.38. The van der Waals surface area contributed by atoms with Crippen molar-refractivity contribution in [2.24, 2.45) is 5.14 Å². The first kappa shape index (κ1) is 15.9. The van der Waals surface area contributed by atoms with Crippen molar-refractivity contribution in [3.8, 4) is 0 Å². The van der Waals surface area contributed by atoms with Gasteiger partial charge < -0.3 is 10.1 Å². The minimum absolute atomic E-state index is 0.0874. The summed E-state index contributed by atoms with van der Waals surface area (Å²) in [4.78, 5) is 11.7. The Morgan fingerprint density at radius 1 is 1.48 bits per heavy atom. The van der Waals surface area contributed by atoms with Crippen LogP contribution >= 0.6 is 0 Å². The third kappa shape index (κ3) is 3.58. The van der Waals surface area contributed by atoms with E-state index in [-0.39, 0.29) is 17.0 Å². The Bertz CT molecular complexity index is 651. The zero-order valence-corrected chi connectivity index (χ0v) is 12.4.